The van der Waals surface area contributed by atoms with Gasteiger partial charge in [0.05, 0.1) is 11.7 Å². The van der Waals surface area contributed by atoms with Crippen LogP contribution in [-0.2, 0) is 12.8 Å². The van der Waals surface area contributed by atoms with Crippen molar-refractivity contribution in [2.75, 3.05) is 7.05 Å². The number of likely N-dealkylation sites (N-methyl/N-ethyl adjacent to an activating group) is 1. The van der Waals surface area contributed by atoms with Crippen LogP contribution < -0.4 is 5.32 Å². The summed E-state index contributed by atoms with van der Waals surface area (Å²) in [6, 6.07) is 13.2. The van der Waals surface area contributed by atoms with E-state index in [0.717, 1.165) is 12.8 Å². The van der Waals surface area contributed by atoms with Crippen molar-refractivity contribution in [3.63, 3.8) is 0 Å². The van der Waals surface area contributed by atoms with Crippen molar-refractivity contribution in [2.45, 2.75) is 25.8 Å². The first kappa shape index (κ1) is 14.5. The molecule has 2 rings (SSSR count). The SMILES string of the molecule is CCc1cccnc1C(Cc1ccc(I)cc1)NC. The van der Waals surface area contributed by atoms with E-state index < -0.39 is 0 Å². The number of aryl methyl sites for hydroxylation is 1. The first-order valence-corrected chi connectivity index (χ1v) is 7.68. The molecule has 0 spiro atoms. The summed E-state index contributed by atoms with van der Waals surface area (Å²) in [6.45, 7) is 2.18. The summed E-state index contributed by atoms with van der Waals surface area (Å²) >= 11 is 2.33. The standard InChI is InChI=1S/C16H19IN2/c1-3-13-5-4-10-19-16(13)15(18-2)11-12-6-8-14(17)9-7-12/h4-10,15,18H,3,11H2,1-2H3. The van der Waals surface area contributed by atoms with E-state index in [0.29, 0.717) is 0 Å². The molecule has 0 saturated carbocycles. The molecule has 1 N–H and O–H groups in total. The maximum Gasteiger partial charge on any atom is 0.0608 e. The van der Waals surface area contributed by atoms with E-state index in [4.69, 9.17) is 0 Å². The predicted molar refractivity (Wildman–Crippen MR) is 88.3 cm³/mol. The van der Waals surface area contributed by atoms with Gasteiger partial charge >= 0.3 is 0 Å². The Bertz CT molecular complexity index is 523. The Morgan fingerprint density at radius 1 is 1.21 bits per heavy atom. The highest BCUT2D eigenvalue weighted by Crippen LogP contribution is 2.20. The lowest BCUT2D eigenvalue weighted by Gasteiger charge is -2.18. The molecule has 0 fully saturated rings. The Morgan fingerprint density at radius 3 is 2.58 bits per heavy atom. The monoisotopic (exact) mass is 366 g/mol. The van der Waals surface area contributed by atoms with Crippen LogP contribution in [0.4, 0.5) is 0 Å². The van der Waals surface area contributed by atoms with Gasteiger partial charge in [-0.05, 0) is 71.8 Å². The zero-order valence-corrected chi connectivity index (χ0v) is 13.5. The zero-order chi connectivity index (χ0) is 13.7. The quantitative estimate of drug-likeness (QED) is 0.816. The van der Waals surface area contributed by atoms with Crippen molar-refractivity contribution >= 4 is 22.6 Å². The summed E-state index contributed by atoms with van der Waals surface area (Å²) in [5.74, 6) is 0. The average molecular weight is 366 g/mol. The molecular formula is C16H19IN2. The summed E-state index contributed by atoms with van der Waals surface area (Å²) in [5.41, 5.74) is 3.84. The molecule has 0 amide bonds. The summed E-state index contributed by atoms with van der Waals surface area (Å²) < 4.78 is 1.27. The highest BCUT2D eigenvalue weighted by molar-refractivity contribution is 14.1. The Morgan fingerprint density at radius 2 is 1.95 bits per heavy atom. The third kappa shape index (κ3) is 3.76. The highest BCUT2D eigenvalue weighted by Gasteiger charge is 2.14. The fourth-order valence-corrected chi connectivity index (χ4v) is 2.61. The highest BCUT2D eigenvalue weighted by atomic mass is 127. The minimum atomic E-state index is 0.274. The minimum absolute atomic E-state index is 0.274. The van der Waals surface area contributed by atoms with Crippen LogP contribution in [0.15, 0.2) is 42.6 Å². The summed E-state index contributed by atoms with van der Waals surface area (Å²) in [6.07, 6.45) is 3.87. The number of pyridine rings is 1. The van der Waals surface area contributed by atoms with Gasteiger partial charge < -0.3 is 5.32 Å². The van der Waals surface area contributed by atoms with Gasteiger partial charge in [-0.25, -0.2) is 0 Å². The van der Waals surface area contributed by atoms with Gasteiger partial charge in [0, 0.05) is 9.77 Å². The van der Waals surface area contributed by atoms with Crippen molar-refractivity contribution < 1.29 is 0 Å². The summed E-state index contributed by atoms with van der Waals surface area (Å²) in [5, 5.41) is 3.39. The van der Waals surface area contributed by atoms with Gasteiger partial charge in [0.25, 0.3) is 0 Å². The van der Waals surface area contributed by atoms with Gasteiger partial charge in [-0.1, -0.05) is 25.1 Å². The van der Waals surface area contributed by atoms with E-state index in [1.807, 2.05) is 19.3 Å². The normalized spacial score (nSPS) is 12.4. The maximum absolute atomic E-state index is 4.57. The van der Waals surface area contributed by atoms with E-state index in [1.165, 1.54) is 20.4 Å². The van der Waals surface area contributed by atoms with Crippen LogP contribution in [0.2, 0.25) is 0 Å². The fraction of sp³-hybridized carbons (Fsp3) is 0.312. The fourth-order valence-electron chi connectivity index (χ4n) is 2.26. The third-order valence-electron chi connectivity index (χ3n) is 3.34. The lowest BCUT2D eigenvalue weighted by molar-refractivity contribution is 0.570. The number of hydrogen-bond donors (Lipinski definition) is 1. The van der Waals surface area contributed by atoms with Crippen LogP contribution in [0, 0.1) is 3.57 Å². The Kier molecular flexibility index (Phi) is 5.34. The van der Waals surface area contributed by atoms with E-state index >= 15 is 0 Å². The molecule has 3 heteroatoms. The lowest BCUT2D eigenvalue weighted by atomic mass is 9.98. The molecule has 100 valence electrons. The van der Waals surface area contributed by atoms with Crippen LogP contribution in [0.1, 0.15) is 29.8 Å². The Hall–Kier alpha value is -0.940. The average Bonchev–Trinajstić information content (AvgIpc) is 2.46. The van der Waals surface area contributed by atoms with Gasteiger partial charge in [0.1, 0.15) is 0 Å². The van der Waals surface area contributed by atoms with E-state index in [-0.39, 0.29) is 6.04 Å². The molecule has 1 aromatic heterocycles. The molecule has 0 aliphatic carbocycles. The maximum atomic E-state index is 4.57. The molecule has 1 atom stereocenters. The number of halogens is 1. The lowest BCUT2D eigenvalue weighted by Crippen LogP contribution is -2.21. The number of rotatable bonds is 5. The van der Waals surface area contributed by atoms with Crippen LogP contribution >= 0.6 is 22.6 Å². The first-order chi connectivity index (χ1) is 9.24. The molecule has 1 unspecified atom stereocenters. The molecule has 1 heterocycles. The van der Waals surface area contributed by atoms with E-state index in [1.54, 1.807) is 0 Å². The molecule has 0 bridgehead atoms. The number of nitrogens with zero attached hydrogens (tertiary/aromatic N) is 1. The molecule has 19 heavy (non-hydrogen) atoms. The summed E-state index contributed by atoms with van der Waals surface area (Å²) in [4.78, 5) is 4.57. The number of benzene rings is 1. The molecule has 2 nitrogen and oxygen atoms in total. The zero-order valence-electron chi connectivity index (χ0n) is 11.4. The van der Waals surface area contributed by atoms with E-state index in [2.05, 4.69) is 70.1 Å². The largest absolute Gasteiger partial charge is 0.311 e. The van der Waals surface area contributed by atoms with Crippen LogP contribution in [0.5, 0.6) is 0 Å². The molecule has 1 aromatic carbocycles. The molecule has 0 aliphatic rings. The van der Waals surface area contributed by atoms with Gasteiger partial charge in [0.2, 0.25) is 0 Å². The van der Waals surface area contributed by atoms with E-state index in [9.17, 15) is 0 Å². The molecule has 0 radical (unpaired) electrons. The van der Waals surface area contributed by atoms with Gasteiger partial charge in [0.15, 0.2) is 0 Å². The Labute approximate surface area is 128 Å². The first-order valence-electron chi connectivity index (χ1n) is 6.60. The van der Waals surface area contributed by atoms with Gasteiger partial charge in [-0.2, -0.15) is 0 Å². The van der Waals surface area contributed by atoms with Crippen LogP contribution in [0.3, 0.4) is 0 Å². The van der Waals surface area contributed by atoms with Crippen LogP contribution in [-0.4, -0.2) is 12.0 Å². The van der Waals surface area contributed by atoms with Gasteiger partial charge in [-0.3, -0.25) is 4.98 Å². The topological polar surface area (TPSA) is 24.9 Å². The predicted octanol–water partition coefficient (Wildman–Crippen LogP) is 3.75. The van der Waals surface area contributed by atoms with Crippen molar-refractivity contribution in [1.82, 2.24) is 10.3 Å². The minimum Gasteiger partial charge on any atom is -0.311 e. The van der Waals surface area contributed by atoms with Crippen molar-refractivity contribution in [2.24, 2.45) is 0 Å². The number of aromatic nitrogens is 1. The van der Waals surface area contributed by atoms with Gasteiger partial charge in [-0.15, -0.1) is 0 Å². The van der Waals surface area contributed by atoms with Crippen molar-refractivity contribution in [1.29, 1.82) is 0 Å². The molecular weight excluding hydrogens is 347 g/mol. The molecule has 2 aromatic rings. The smallest absolute Gasteiger partial charge is 0.0608 e. The second-order valence-corrected chi connectivity index (χ2v) is 5.82. The Balaban J connectivity index is 2.22. The summed E-state index contributed by atoms with van der Waals surface area (Å²) in [7, 11) is 2.01. The van der Waals surface area contributed by atoms with Crippen molar-refractivity contribution in [3.8, 4) is 0 Å². The number of hydrogen-bond acceptors (Lipinski definition) is 2. The van der Waals surface area contributed by atoms with Crippen LogP contribution in [0.25, 0.3) is 0 Å². The molecule has 0 saturated heterocycles. The molecule has 0 aliphatic heterocycles. The number of nitrogens with one attached hydrogen (secondary N) is 1. The second kappa shape index (κ2) is 7.01. The third-order valence-corrected chi connectivity index (χ3v) is 4.06. The van der Waals surface area contributed by atoms with Crippen molar-refractivity contribution in [3.05, 3.63) is 63.0 Å². The second-order valence-electron chi connectivity index (χ2n) is 4.57.